The lowest BCUT2D eigenvalue weighted by Gasteiger charge is -2.22. The molecule has 5 nitrogen and oxygen atoms in total. The molecular weight excluding hydrogens is 264 g/mol. The Labute approximate surface area is 116 Å². The summed E-state index contributed by atoms with van der Waals surface area (Å²) in [6.45, 7) is 3.93. The SMILES string of the molecule is CC(C)C1SC(OC(N)=O)N(c2ccccc2)C1=O. The second-order valence-corrected chi connectivity index (χ2v) is 5.77. The molecule has 2 unspecified atom stereocenters. The number of thioether (sulfide) groups is 1. The Morgan fingerprint density at radius 3 is 2.53 bits per heavy atom. The summed E-state index contributed by atoms with van der Waals surface area (Å²) < 4.78 is 5.04. The van der Waals surface area contributed by atoms with Crippen molar-refractivity contribution in [2.24, 2.45) is 11.7 Å². The van der Waals surface area contributed by atoms with Crippen LogP contribution in [0.1, 0.15) is 13.8 Å². The van der Waals surface area contributed by atoms with Crippen LogP contribution in [0.4, 0.5) is 10.5 Å². The number of benzene rings is 1. The molecule has 2 rings (SSSR count). The first-order valence-electron chi connectivity index (χ1n) is 6.00. The quantitative estimate of drug-likeness (QED) is 0.921. The molecule has 0 saturated carbocycles. The summed E-state index contributed by atoms with van der Waals surface area (Å²) in [4.78, 5) is 24.9. The Bertz CT molecular complexity index is 478. The van der Waals surface area contributed by atoms with Crippen molar-refractivity contribution in [1.82, 2.24) is 0 Å². The lowest BCUT2D eigenvalue weighted by atomic mass is 10.1. The van der Waals surface area contributed by atoms with E-state index in [1.54, 1.807) is 12.1 Å². The first-order chi connectivity index (χ1) is 9.00. The van der Waals surface area contributed by atoms with E-state index in [4.69, 9.17) is 10.5 Å². The molecule has 6 heteroatoms. The number of para-hydroxylation sites is 1. The number of carbonyl (C=O) groups excluding carboxylic acids is 2. The summed E-state index contributed by atoms with van der Waals surface area (Å²) in [7, 11) is 0. The number of primary amides is 1. The molecular formula is C13H16N2O3S. The van der Waals surface area contributed by atoms with Gasteiger partial charge in [-0.2, -0.15) is 0 Å². The Hall–Kier alpha value is -1.69. The van der Waals surface area contributed by atoms with E-state index in [0.29, 0.717) is 5.69 Å². The third-order valence-corrected chi connectivity index (χ3v) is 4.39. The zero-order valence-corrected chi connectivity index (χ0v) is 11.6. The van der Waals surface area contributed by atoms with Crippen molar-refractivity contribution in [2.45, 2.75) is 24.7 Å². The molecule has 1 aliphatic rings. The Balaban J connectivity index is 2.30. The van der Waals surface area contributed by atoms with Crippen LogP contribution in [0.3, 0.4) is 0 Å². The third-order valence-electron chi connectivity index (χ3n) is 2.81. The van der Waals surface area contributed by atoms with Gasteiger partial charge in [-0.25, -0.2) is 4.79 Å². The number of anilines is 1. The smallest absolute Gasteiger partial charge is 0.407 e. The summed E-state index contributed by atoms with van der Waals surface area (Å²) >= 11 is 1.31. The van der Waals surface area contributed by atoms with Gasteiger partial charge in [0, 0.05) is 5.69 Å². The summed E-state index contributed by atoms with van der Waals surface area (Å²) in [6.07, 6.45) is -0.879. The van der Waals surface area contributed by atoms with Crippen LogP contribution in [0, 0.1) is 5.92 Å². The highest BCUT2D eigenvalue weighted by molar-refractivity contribution is 8.01. The lowest BCUT2D eigenvalue weighted by Crippen LogP contribution is -2.38. The van der Waals surface area contributed by atoms with E-state index in [1.165, 1.54) is 16.7 Å². The number of hydrogen-bond donors (Lipinski definition) is 1. The number of carbonyl (C=O) groups is 2. The Morgan fingerprint density at radius 2 is 2.00 bits per heavy atom. The molecule has 1 heterocycles. The van der Waals surface area contributed by atoms with Gasteiger partial charge in [0.05, 0.1) is 5.25 Å². The number of rotatable bonds is 3. The number of amides is 2. The fourth-order valence-electron chi connectivity index (χ4n) is 1.95. The standard InChI is InChI=1S/C13H16N2O3S/c1-8(2)10-11(16)15(9-6-4-3-5-7-9)13(19-10)18-12(14)17/h3-8,10,13H,1-2H3,(H2,14,17). The van der Waals surface area contributed by atoms with Crippen molar-refractivity contribution in [2.75, 3.05) is 4.90 Å². The maximum atomic E-state index is 12.4. The molecule has 1 aliphatic heterocycles. The first-order valence-corrected chi connectivity index (χ1v) is 6.94. The fourth-order valence-corrected chi connectivity index (χ4v) is 3.24. The molecule has 0 aliphatic carbocycles. The van der Waals surface area contributed by atoms with E-state index in [1.807, 2.05) is 32.0 Å². The van der Waals surface area contributed by atoms with Gasteiger partial charge in [-0.15, -0.1) is 0 Å². The van der Waals surface area contributed by atoms with Crippen molar-refractivity contribution < 1.29 is 14.3 Å². The highest BCUT2D eigenvalue weighted by atomic mass is 32.2. The van der Waals surface area contributed by atoms with Crippen LogP contribution in [0.5, 0.6) is 0 Å². The minimum Gasteiger partial charge on any atom is -0.415 e. The molecule has 1 aromatic carbocycles. The second kappa shape index (κ2) is 5.52. The molecule has 2 atom stereocenters. The van der Waals surface area contributed by atoms with Crippen molar-refractivity contribution in [1.29, 1.82) is 0 Å². The molecule has 102 valence electrons. The monoisotopic (exact) mass is 280 g/mol. The van der Waals surface area contributed by atoms with Crippen LogP contribution >= 0.6 is 11.8 Å². The van der Waals surface area contributed by atoms with Gasteiger partial charge >= 0.3 is 6.09 Å². The van der Waals surface area contributed by atoms with E-state index >= 15 is 0 Å². The normalized spacial score (nSPS) is 22.9. The van der Waals surface area contributed by atoms with Crippen molar-refractivity contribution in [3.63, 3.8) is 0 Å². The van der Waals surface area contributed by atoms with Gasteiger partial charge < -0.3 is 10.5 Å². The maximum Gasteiger partial charge on any atom is 0.407 e. The zero-order chi connectivity index (χ0) is 14.0. The van der Waals surface area contributed by atoms with Crippen molar-refractivity contribution in [3.05, 3.63) is 30.3 Å². The van der Waals surface area contributed by atoms with E-state index in [9.17, 15) is 9.59 Å². The van der Waals surface area contributed by atoms with Gasteiger partial charge in [-0.3, -0.25) is 9.69 Å². The van der Waals surface area contributed by atoms with Gasteiger partial charge in [0.2, 0.25) is 11.5 Å². The van der Waals surface area contributed by atoms with Gasteiger partial charge in [0.1, 0.15) is 0 Å². The van der Waals surface area contributed by atoms with Crippen molar-refractivity contribution in [3.8, 4) is 0 Å². The molecule has 0 radical (unpaired) electrons. The molecule has 0 bridgehead atoms. The first kappa shape index (κ1) is 13.7. The average molecular weight is 280 g/mol. The number of ether oxygens (including phenoxy) is 1. The Kier molecular flexibility index (Phi) is 3.99. The predicted octanol–water partition coefficient (Wildman–Crippen LogP) is 2.17. The topological polar surface area (TPSA) is 72.6 Å². The molecule has 1 aromatic rings. The molecule has 1 saturated heterocycles. The van der Waals surface area contributed by atoms with E-state index in [0.717, 1.165) is 0 Å². The van der Waals surface area contributed by atoms with Crippen LogP contribution in [0.2, 0.25) is 0 Å². The summed E-state index contributed by atoms with van der Waals surface area (Å²) in [6, 6.07) is 9.13. The summed E-state index contributed by atoms with van der Waals surface area (Å²) in [5.74, 6) is 0.0997. The van der Waals surface area contributed by atoms with E-state index in [-0.39, 0.29) is 17.1 Å². The van der Waals surface area contributed by atoms with Crippen LogP contribution in [0.15, 0.2) is 30.3 Å². The summed E-state index contributed by atoms with van der Waals surface area (Å²) in [5, 5.41) is -0.232. The lowest BCUT2D eigenvalue weighted by molar-refractivity contribution is -0.118. The third kappa shape index (κ3) is 2.84. The molecule has 19 heavy (non-hydrogen) atoms. The Morgan fingerprint density at radius 1 is 1.37 bits per heavy atom. The molecule has 0 aromatic heterocycles. The number of hydrogen-bond acceptors (Lipinski definition) is 4. The maximum absolute atomic E-state index is 12.4. The van der Waals surface area contributed by atoms with Crippen LogP contribution in [-0.2, 0) is 9.53 Å². The average Bonchev–Trinajstić information content (AvgIpc) is 2.66. The minimum absolute atomic E-state index is 0.0579. The highest BCUT2D eigenvalue weighted by Gasteiger charge is 2.44. The van der Waals surface area contributed by atoms with Crippen LogP contribution in [0.25, 0.3) is 0 Å². The number of nitrogens with two attached hydrogens (primary N) is 1. The van der Waals surface area contributed by atoms with Gasteiger partial charge in [0.25, 0.3) is 0 Å². The molecule has 2 amide bonds. The predicted molar refractivity (Wildman–Crippen MR) is 74.6 cm³/mol. The molecule has 0 spiro atoms. The minimum atomic E-state index is -0.879. The van der Waals surface area contributed by atoms with E-state index < -0.39 is 11.7 Å². The summed E-state index contributed by atoms with van der Waals surface area (Å²) in [5.41, 5.74) is 5.08. The van der Waals surface area contributed by atoms with Crippen LogP contribution < -0.4 is 10.6 Å². The second-order valence-electron chi connectivity index (χ2n) is 4.59. The van der Waals surface area contributed by atoms with E-state index in [2.05, 4.69) is 0 Å². The molecule has 2 N–H and O–H groups in total. The van der Waals surface area contributed by atoms with Crippen molar-refractivity contribution >= 4 is 29.4 Å². The highest BCUT2D eigenvalue weighted by Crippen LogP contribution is 2.39. The molecule has 1 fully saturated rings. The van der Waals surface area contributed by atoms with Crippen LogP contribution in [-0.4, -0.2) is 22.8 Å². The number of nitrogens with zero attached hydrogens (tertiary/aromatic N) is 1. The van der Waals surface area contributed by atoms with Gasteiger partial charge in [-0.05, 0) is 18.1 Å². The fraction of sp³-hybridized carbons (Fsp3) is 0.385. The van der Waals surface area contributed by atoms with Gasteiger partial charge in [-0.1, -0.05) is 43.8 Å². The zero-order valence-electron chi connectivity index (χ0n) is 10.8. The van der Waals surface area contributed by atoms with Gasteiger partial charge in [0.15, 0.2) is 0 Å². The largest absolute Gasteiger partial charge is 0.415 e.